The highest BCUT2D eigenvalue weighted by Crippen LogP contribution is 2.44. The number of aliphatic hydroxyl groups is 1. The fraction of sp³-hybridized carbons (Fsp3) is 0.333. The minimum absolute atomic E-state index is 0.272. The molecule has 0 saturated heterocycles. The van der Waals surface area contributed by atoms with Crippen LogP contribution in [0.3, 0.4) is 0 Å². The van der Waals surface area contributed by atoms with Gasteiger partial charge in [-0.1, -0.05) is 0 Å². The van der Waals surface area contributed by atoms with Crippen LogP contribution in [-0.4, -0.2) is 19.5 Å². The van der Waals surface area contributed by atoms with Gasteiger partial charge < -0.3 is 9.51 Å². The van der Waals surface area contributed by atoms with E-state index in [0.29, 0.717) is 5.92 Å². The second-order valence-corrected chi connectivity index (χ2v) is 6.72. The van der Waals surface area contributed by atoms with E-state index in [2.05, 4.69) is 9.97 Å². The molecule has 3 aromatic rings. The molecule has 1 fully saturated rings. The van der Waals surface area contributed by atoms with Crippen LogP contribution in [0.5, 0.6) is 0 Å². The molecule has 5 heteroatoms. The third-order valence-corrected chi connectivity index (χ3v) is 4.30. The highest BCUT2D eigenvalue weighted by atomic mass is 19.1. The normalized spacial score (nSPS) is 15.3. The van der Waals surface area contributed by atoms with Crippen molar-refractivity contribution < 1.29 is 9.50 Å². The molecule has 0 bridgehead atoms. The highest BCUT2D eigenvalue weighted by molar-refractivity contribution is 5.68. The molecule has 4 nitrogen and oxygen atoms in total. The standard InChI is InChI=1S/C18H18FN3O/c1-18(2,23)13-7-12(8-20-9-13)16-17(11-3-4-11)22-10-14(19)5-6-15(22)21-16/h5-11,23H,3-4H2,1-2H3. The Hall–Kier alpha value is -2.27. The van der Waals surface area contributed by atoms with Crippen LogP contribution in [0, 0.1) is 5.82 Å². The SMILES string of the molecule is CC(C)(O)c1cncc(-c2nc3ccc(F)cn3c2C2CC2)c1. The van der Waals surface area contributed by atoms with E-state index >= 15 is 0 Å². The quantitative estimate of drug-likeness (QED) is 0.803. The molecule has 1 N–H and O–H groups in total. The monoisotopic (exact) mass is 311 g/mol. The van der Waals surface area contributed by atoms with E-state index in [9.17, 15) is 9.50 Å². The zero-order valence-electron chi connectivity index (χ0n) is 13.1. The Balaban J connectivity index is 1.94. The van der Waals surface area contributed by atoms with Crippen molar-refractivity contribution in [1.29, 1.82) is 0 Å². The van der Waals surface area contributed by atoms with Crippen molar-refractivity contribution in [2.45, 2.75) is 38.2 Å². The van der Waals surface area contributed by atoms with Gasteiger partial charge >= 0.3 is 0 Å². The van der Waals surface area contributed by atoms with Crippen molar-refractivity contribution in [1.82, 2.24) is 14.4 Å². The van der Waals surface area contributed by atoms with E-state index in [0.717, 1.165) is 41.0 Å². The Bertz CT molecular complexity index is 891. The second-order valence-electron chi connectivity index (χ2n) is 6.72. The minimum atomic E-state index is -0.964. The van der Waals surface area contributed by atoms with Crippen molar-refractivity contribution in [3.63, 3.8) is 0 Å². The lowest BCUT2D eigenvalue weighted by Crippen LogP contribution is -2.15. The molecule has 0 spiro atoms. The maximum absolute atomic E-state index is 13.6. The molecule has 23 heavy (non-hydrogen) atoms. The number of rotatable bonds is 3. The van der Waals surface area contributed by atoms with Gasteiger partial charge in [0.2, 0.25) is 0 Å². The first kappa shape index (κ1) is 14.3. The van der Waals surface area contributed by atoms with Gasteiger partial charge in [0, 0.05) is 35.6 Å². The molecule has 0 aromatic carbocycles. The number of hydrogen-bond acceptors (Lipinski definition) is 3. The summed E-state index contributed by atoms with van der Waals surface area (Å²) < 4.78 is 15.5. The van der Waals surface area contributed by atoms with E-state index < -0.39 is 5.60 Å². The molecule has 118 valence electrons. The predicted octanol–water partition coefficient (Wildman–Crippen LogP) is 3.64. The first-order chi connectivity index (χ1) is 10.9. The molecule has 3 heterocycles. The number of aromatic nitrogens is 3. The van der Waals surface area contributed by atoms with Crippen LogP contribution in [0.4, 0.5) is 4.39 Å². The van der Waals surface area contributed by atoms with Crippen molar-refractivity contribution in [2.24, 2.45) is 0 Å². The number of hydrogen-bond donors (Lipinski definition) is 1. The smallest absolute Gasteiger partial charge is 0.139 e. The number of imidazole rings is 1. The maximum Gasteiger partial charge on any atom is 0.139 e. The molecule has 3 aromatic heterocycles. The van der Waals surface area contributed by atoms with Gasteiger partial charge in [-0.2, -0.15) is 0 Å². The molecular weight excluding hydrogens is 293 g/mol. The third-order valence-electron chi connectivity index (χ3n) is 4.30. The predicted molar refractivity (Wildman–Crippen MR) is 85.6 cm³/mol. The van der Waals surface area contributed by atoms with Crippen molar-refractivity contribution in [3.05, 3.63) is 53.9 Å². The summed E-state index contributed by atoms with van der Waals surface area (Å²) in [4.78, 5) is 8.94. The molecular formula is C18H18FN3O. The average molecular weight is 311 g/mol. The van der Waals surface area contributed by atoms with Gasteiger partial charge in [0.25, 0.3) is 0 Å². The van der Waals surface area contributed by atoms with Crippen molar-refractivity contribution in [2.75, 3.05) is 0 Å². The molecule has 0 radical (unpaired) electrons. The van der Waals surface area contributed by atoms with Gasteiger partial charge in [0.1, 0.15) is 11.5 Å². The fourth-order valence-corrected chi connectivity index (χ4v) is 2.90. The zero-order valence-corrected chi connectivity index (χ0v) is 13.1. The summed E-state index contributed by atoms with van der Waals surface area (Å²) in [6.45, 7) is 3.46. The first-order valence-corrected chi connectivity index (χ1v) is 7.79. The topological polar surface area (TPSA) is 50.4 Å². The maximum atomic E-state index is 13.6. The molecule has 0 atom stereocenters. The molecule has 0 amide bonds. The lowest BCUT2D eigenvalue weighted by Gasteiger charge is -2.17. The van der Waals surface area contributed by atoms with Crippen LogP contribution in [0.15, 0.2) is 36.8 Å². The van der Waals surface area contributed by atoms with Gasteiger partial charge in [-0.3, -0.25) is 4.98 Å². The number of nitrogens with zero attached hydrogens (tertiary/aromatic N) is 3. The van der Waals surface area contributed by atoms with E-state index in [1.54, 1.807) is 32.3 Å². The summed E-state index contributed by atoms with van der Waals surface area (Å²) in [5.74, 6) is 0.138. The molecule has 0 aliphatic heterocycles. The number of halogens is 1. The lowest BCUT2D eigenvalue weighted by atomic mass is 9.98. The summed E-state index contributed by atoms with van der Waals surface area (Å²) >= 11 is 0. The van der Waals surface area contributed by atoms with Crippen molar-refractivity contribution in [3.8, 4) is 11.3 Å². The van der Waals surface area contributed by atoms with E-state index in [-0.39, 0.29) is 5.82 Å². The number of pyridine rings is 2. The van der Waals surface area contributed by atoms with Gasteiger partial charge in [0.05, 0.1) is 17.0 Å². The Kier molecular flexibility index (Phi) is 3.03. The zero-order chi connectivity index (χ0) is 16.2. The molecule has 1 aliphatic rings. The van der Waals surface area contributed by atoms with Crippen LogP contribution in [0.2, 0.25) is 0 Å². The van der Waals surface area contributed by atoms with Crippen LogP contribution in [0.1, 0.15) is 43.9 Å². The highest BCUT2D eigenvalue weighted by Gasteiger charge is 2.31. The summed E-state index contributed by atoms with van der Waals surface area (Å²) in [6, 6.07) is 5.03. The van der Waals surface area contributed by atoms with Gasteiger partial charge in [-0.15, -0.1) is 0 Å². The first-order valence-electron chi connectivity index (χ1n) is 7.79. The molecule has 1 saturated carbocycles. The lowest BCUT2D eigenvalue weighted by molar-refractivity contribution is 0.0783. The summed E-state index contributed by atoms with van der Waals surface area (Å²) in [6.07, 6.45) is 7.09. The second kappa shape index (κ2) is 4.86. The van der Waals surface area contributed by atoms with Crippen LogP contribution < -0.4 is 0 Å². The summed E-state index contributed by atoms with van der Waals surface area (Å²) in [7, 11) is 0. The van der Waals surface area contributed by atoms with Gasteiger partial charge in [0.15, 0.2) is 0 Å². The van der Waals surface area contributed by atoms with Crippen molar-refractivity contribution >= 4 is 5.65 Å². The van der Waals surface area contributed by atoms with Gasteiger partial charge in [-0.25, -0.2) is 9.37 Å². The Morgan fingerprint density at radius 1 is 1.26 bits per heavy atom. The third kappa shape index (κ3) is 2.51. The average Bonchev–Trinajstić information content (AvgIpc) is 3.27. The van der Waals surface area contributed by atoms with E-state index in [1.165, 1.54) is 12.3 Å². The van der Waals surface area contributed by atoms with Crippen LogP contribution in [-0.2, 0) is 5.60 Å². The Labute approximate surface area is 133 Å². The Morgan fingerprint density at radius 2 is 2.04 bits per heavy atom. The molecule has 1 aliphatic carbocycles. The van der Waals surface area contributed by atoms with Crippen LogP contribution >= 0.6 is 0 Å². The molecule has 4 rings (SSSR count). The van der Waals surface area contributed by atoms with Gasteiger partial charge in [-0.05, 0) is 44.9 Å². The summed E-state index contributed by atoms with van der Waals surface area (Å²) in [5, 5.41) is 10.2. The minimum Gasteiger partial charge on any atom is -0.386 e. The largest absolute Gasteiger partial charge is 0.386 e. The summed E-state index contributed by atoms with van der Waals surface area (Å²) in [5.41, 5.74) is 3.23. The van der Waals surface area contributed by atoms with E-state index in [4.69, 9.17) is 0 Å². The fourth-order valence-electron chi connectivity index (χ4n) is 2.90. The van der Waals surface area contributed by atoms with E-state index in [1.807, 2.05) is 10.5 Å². The van der Waals surface area contributed by atoms with Crippen LogP contribution in [0.25, 0.3) is 16.9 Å². The number of fused-ring (bicyclic) bond motifs is 1. The Morgan fingerprint density at radius 3 is 2.74 bits per heavy atom. The molecule has 0 unspecified atom stereocenters.